The van der Waals surface area contributed by atoms with Gasteiger partial charge in [-0.1, -0.05) is 12.1 Å². The van der Waals surface area contributed by atoms with Crippen LogP contribution in [0.15, 0.2) is 41.3 Å². The number of carbonyl (C=O) groups excluding carboxylic acids is 1. The van der Waals surface area contributed by atoms with Gasteiger partial charge in [0, 0.05) is 12.6 Å². The Morgan fingerprint density at radius 1 is 1.28 bits per heavy atom. The van der Waals surface area contributed by atoms with E-state index in [1.807, 2.05) is 25.1 Å². The van der Waals surface area contributed by atoms with Crippen molar-refractivity contribution in [3.63, 3.8) is 0 Å². The second kappa shape index (κ2) is 6.93. The number of benzene rings is 1. The Morgan fingerprint density at radius 2 is 2.08 bits per heavy atom. The normalized spacial score (nSPS) is 16.5. The second-order valence-electron chi connectivity index (χ2n) is 6.25. The van der Waals surface area contributed by atoms with E-state index in [1.54, 1.807) is 18.2 Å². The van der Waals surface area contributed by atoms with Gasteiger partial charge >= 0.3 is 0 Å². The van der Waals surface area contributed by atoms with Gasteiger partial charge < -0.3 is 5.32 Å². The van der Waals surface area contributed by atoms with Crippen LogP contribution in [0.1, 0.15) is 41.9 Å². The van der Waals surface area contributed by atoms with Crippen LogP contribution in [-0.2, 0) is 27.8 Å². The molecule has 1 heterocycles. The van der Waals surface area contributed by atoms with Crippen LogP contribution in [0.2, 0.25) is 0 Å². The molecule has 0 radical (unpaired) electrons. The molecule has 2 N–H and O–H groups in total. The van der Waals surface area contributed by atoms with Crippen LogP contribution in [0.5, 0.6) is 0 Å². The molecule has 0 spiro atoms. The minimum atomic E-state index is -3.65. The lowest BCUT2D eigenvalue weighted by Gasteiger charge is -2.14. The van der Waals surface area contributed by atoms with Gasteiger partial charge in [-0.2, -0.15) is 0 Å². The van der Waals surface area contributed by atoms with Crippen LogP contribution in [0.3, 0.4) is 0 Å². The van der Waals surface area contributed by atoms with Gasteiger partial charge in [0.2, 0.25) is 15.9 Å². The summed E-state index contributed by atoms with van der Waals surface area (Å²) >= 11 is 0. The average Bonchev–Trinajstić information content (AvgIpc) is 2.95. The van der Waals surface area contributed by atoms with Crippen molar-refractivity contribution in [2.45, 2.75) is 44.2 Å². The molecular weight excluding hydrogens is 338 g/mol. The number of amides is 1. The summed E-state index contributed by atoms with van der Waals surface area (Å²) in [5, 5.41) is 2.88. The quantitative estimate of drug-likeness (QED) is 0.855. The standard InChI is InChI=1S/C18H21N3O3S/c1-12-4-3-5-15(20-12)11-19-25(23,24)16-8-6-14-7-9-18(17(14)10-16)21-13(2)22/h3-6,8,10,18-19H,7,9,11H2,1-2H3,(H,21,22). The highest BCUT2D eigenvalue weighted by Gasteiger charge is 2.25. The summed E-state index contributed by atoms with van der Waals surface area (Å²) in [7, 11) is -3.65. The van der Waals surface area contributed by atoms with Crippen LogP contribution < -0.4 is 10.0 Å². The van der Waals surface area contributed by atoms with Crippen molar-refractivity contribution < 1.29 is 13.2 Å². The van der Waals surface area contributed by atoms with E-state index in [0.29, 0.717) is 5.69 Å². The Hall–Kier alpha value is -2.25. The van der Waals surface area contributed by atoms with E-state index in [9.17, 15) is 13.2 Å². The summed E-state index contributed by atoms with van der Waals surface area (Å²) in [5.74, 6) is -0.116. The highest BCUT2D eigenvalue weighted by Crippen LogP contribution is 2.32. The fourth-order valence-electron chi connectivity index (χ4n) is 3.09. The van der Waals surface area contributed by atoms with Crippen molar-refractivity contribution in [2.75, 3.05) is 0 Å². The number of pyridine rings is 1. The Kier molecular flexibility index (Phi) is 4.87. The van der Waals surface area contributed by atoms with Gasteiger partial charge in [0.15, 0.2) is 0 Å². The third-order valence-electron chi connectivity index (χ3n) is 4.27. The molecule has 1 atom stereocenters. The van der Waals surface area contributed by atoms with E-state index < -0.39 is 10.0 Å². The lowest BCUT2D eigenvalue weighted by molar-refractivity contribution is -0.119. The minimum absolute atomic E-state index is 0.116. The topological polar surface area (TPSA) is 88.2 Å². The molecule has 1 aliphatic carbocycles. The van der Waals surface area contributed by atoms with Crippen LogP contribution in [0.4, 0.5) is 0 Å². The average molecular weight is 359 g/mol. The number of rotatable bonds is 5. The van der Waals surface area contributed by atoms with E-state index in [1.165, 1.54) is 6.92 Å². The molecule has 3 rings (SSSR count). The Morgan fingerprint density at radius 3 is 2.80 bits per heavy atom. The van der Waals surface area contributed by atoms with Gasteiger partial charge in [-0.25, -0.2) is 13.1 Å². The smallest absolute Gasteiger partial charge is 0.240 e. The number of fused-ring (bicyclic) bond motifs is 1. The van der Waals surface area contributed by atoms with Gasteiger partial charge in [0.05, 0.1) is 23.2 Å². The molecule has 7 heteroatoms. The fourth-order valence-corrected chi connectivity index (χ4v) is 4.13. The molecule has 0 aliphatic heterocycles. The first-order valence-electron chi connectivity index (χ1n) is 8.17. The van der Waals surface area contributed by atoms with Crippen molar-refractivity contribution >= 4 is 15.9 Å². The molecule has 0 bridgehead atoms. The zero-order valence-corrected chi connectivity index (χ0v) is 15.1. The third kappa shape index (κ3) is 4.05. The maximum absolute atomic E-state index is 12.6. The van der Waals surface area contributed by atoms with Gasteiger partial charge in [0.1, 0.15) is 0 Å². The van der Waals surface area contributed by atoms with Crippen LogP contribution in [-0.4, -0.2) is 19.3 Å². The number of carbonyl (C=O) groups is 1. The molecule has 0 saturated carbocycles. The molecule has 1 aromatic carbocycles. The highest BCUT2D eigenvalue weighted by molar-refractivity contribution is 7.89. The molecule has 132 valence electrons. The van der Waals surface area contributed by atoms with Crippen LogP contribution >= 0.6 is 0 Å². The van der Waals surface area contributed by atoms with Crippen LogP contribution in [0, 0.1) is 6.92 Å². The second-order valence-corrected chi connectivity index (χ2v) is 8.01. The molecule has 2 aromatic rings. The zero-order valence-electron chi connectivity index (χ0n) is 14.2. The lowest BCUT2D eigenvalue weighted by atomic mass is 10.1. The monoisotopic (exact) mass is 359 g/mol. The lowest BCUT2D eigenvalue weighted by Crippen LogP contribution is -2.26. The summed E-state index contributed by atoms with van der Waals surface area (Å²) in [4.78, 5) is 15.8. The highest BCUT2D eigenvalue weighted by atomic mass is 32.2. The van der Waals surface area contributed by atoms with E-state index in [2.05, 4.69) is 15.0 Å². The fraction of sp³-hybridized carbons (Fsp3) is 0.333. The van der Waals surface area contributed by atoms with E-state index in [0.717, 1.165) is 29.7 Å². The molecule has 1 aliphatic rings. The van der Waals surface area contributed by atoms with Gasteiger partial charge in [-0.15, -0.1) is 0 Å². The first-order valence-corrected chi connectivity index (χ1v) is 9.65. The molecule has 25 heavy (non-hydrogen) atoms. The predicted molar refractivity (Wildman–Crippen MR) is 94.3 cm³/mol. The minimum Gasteiger partial charge on any atom is -0.350 e. The van der Waals surface area contributed by atoms with Gasteiger partial charge in [-0.05, 0) is 55.2 Å². The summed E-state index contributed by atoms with van der Waals surface area (Å²) in [6.45, 7) is 3.46. The number of aromatic nitrogens is 1. The number of hydrogen-bond donors (Lipinski definition) is 2. The number of sulfonamides is 1. The molecule has 1 aromatic heterocycles. The summed E-state index contributed by atoms with van der Waals surface area (Å²) < 4.78 is 27.8. The first-order chi connectivity index (χ1) is 11.8. The maximum Gasteiger partial charge on any atom is 0.240 e. The molecule has 1 amide bonds. The maximum atomic E-state index is 12.6. The zero-order chi connectivity index (χ0) is 18.0. The van der Waals surface area contributed by atoms with Crippen LogP contribution in [0.25, 0.3) is 0 Å². The van der Waals surface area contributed by atoms with Crippen molar-refractivity contribution in [1.82, 2.24) is 15.0 Å². The number of aryl methyl sites for hydroxylation is 2. The predicted octanol–water partition coefficient (Wildman–Crippen LogP) is 1.99. The largest absolute Gasteiger partial charge is 0.350 e. The Balaban J connectivity index is 1.80. The summed E-state index contributed by atoms with van der Waals surface area (Å²) in [5.41, 5.74) is 3.47. The summed E-state index contributed by atoms with van der Waals surface area (Å²) in [6.07, 6.45) is 1.63. The Labute approximate surface area is 147 Å². The Bertz CT molecular complexity index is 910. The first kappa shape index (κ1) is 17.6. The molecule has 0 fully saturated rings. The number of nitrogens with one attached hydrogen (secondary N) is 2. The third-order valence-corrected chi connectivity index (χ3v) is 5.67. The molecule has 1 unspecified atom stereocenters. The molecule has 0 saturated heterocycles. The van der Waals surface area contributed by atoms with E-state index in [4.69, 9.17) is 0 Å². The SMILES string of the molecule is CC(=O)NC1CCc2ccc(S(=O)(=O)NCc3cccc(C)n3)cc21. The van der Waals surface area contributed by atoms with Crippen molar-refractivity contribution in [3.05, 3.63) is 58.9 Å². The molecule has 6 nitrogen and oxygen atoms in total. The van der Waals surface area contributed by atoms with Crippen molar-refractivity contribution in [1.29, 1.82) is 0 Å². The number of hydrogen-bond acceptors (Lipinski definition) is 4. The van der Waals surface area contributed by atoms with Gasteiger partial charge in [0.25, 0.3) is 0 Å². The summed E-state index contributed by atoms with van der Waals surface area (Å²) in [6, 6.07) is 10.5. The van der Waals surface area contributed by atoms with Crippen molar-refractivity contribution in [3.8, 4) is 0 Å². The molecular formula is C18H21N3O3S. The van der Waals surface area contributed by atoms with E-state index >= 15 is 0 Å². The van der Waals surface area contributed by atoms with E-state index in [-0.39, 0.29) is 23.4 Å². The number of nitrogens with zero attached hydrogens (tertiary/aromatic N) is 1. The van der Waals surface area contributed by atoms with Gasteiger partial charge in [-0.3, -0.25) is 9.78 Å². The van der Waals surface area contributed by atoms with Crippen molar-refractivity contribution in [2.24, 2.45) is 0 Å².